The Kier molecular flexibility index (Phi) is 19.4. The van der Waals surface area contributed by atoms with E-state index in [4.69, 9.17) is 0 Å². The van der Waals surface area contributed by atoms with Crippen LogP contribution in [0.4, 0.5) is 0 Å². The molecule has 13 heavy (non-hydrogen) atoms. The molecular formula is C11H24O2. The highest BCUT2D eigenvalue weighted by Gasteiger charge is 1.86. The van der Waals surface area contributed by atoms with Crippen molar-refractivity contribution in [3.63, 3.8) is 0 Å². The monoisotopic (exact) mass is 188 g/mol. The van der Waals surface area contributed by atoms with Gasteiger partial charge in [-0.2, -0.15) is 0 Å². The van der Waals surface area contributed by atoms with Crippen LogP contribution in [0.25, 0.3) is 0 Å². The van der Waals surface area contributed by atoms with Crippen LogP contribution in [-0.2, 0) is 9.59 Å². The van der Waals surface area contributed by atoms with Gasteiger partial charge in [0.2, 0.25) is 0 Å². The van der Waals surface area contributed by atoms with E-state index in [1.54, 1.807) is 6.92 Å². The molecule has 2 heteroatoms. The van der Waals surface area contributed by atoms with Crippen LogP contribution in [0.3, 0.4) is 0 Å². The fraction of sp³-hybridized carbons (Fsp3) is 0.818. The van der Waals surface area contributed by atoms with Crippen LogP contribution < -0.4 is 0 Å². The molecule has 0 aromatic rings. The number of carbonyl (C=O) groups excluding carboxylic acids is 2. The molecular weight excluding hydrogens is 164 g/mol. The average molecular weight is 188 g/mol. The lowest BCUT2D eigenvalue weighted by Crippen LogP contribution is -1.88. The first-order chi connectivity index (χ1) is 5.58. The molecule has 0 atom stereocenters. The van der Waals surface area contributed by atoms with Crippen molar-refractivity contribution >= 4 is 11.6 Å². The highest BCUT2D eigenvalue weighted by Crippen LogP contribution is 1.84. The highest BCUT2D eigenvalue weighted by molar-refractivity contribution is 5.77. The first-order valence-corrected chi connectivity index (χ1v) is 4.59. The Bertz CT molecular complexity index is 122. The summed E-state index contributed by atoms with van der Waals surface area (Å²) in [6.07, 6.45) is 3.10. The Labute approximate surface area is 82.7 Å². The number of rotatable bonds is 4. The molecule has 0 aromatic heterocycles. The third kappa shape index (κ3) is 24.6. The summed E-state index contributed by atoms with van der Waals surface area (Å²) >= 11 is 0. The SMILES string of the molecule is C.CCC(=O)CC.CCCC(C)=O. The summed E-state index contributed by atoms with van der Waals surface area (Å²) in [5.74, 6) is 0.632. The fourth-order valence-electron chi connectivity index (χ4n) is 0.602. The van der Waals surface area contributed by atoms with Gasteiger partial charge >= 0.3 is 0 Å². The first kappa shape index (κ1) is 18.2. The maximum absolute atomic E-state index is 10.2. The minimum atomic E-state index is 0. The zero-order chi connectivity index (χ0) is 9.98. The van der Waals surface area contributed by atoms with Crippen LogP contribution in [0.15, 0.2) is 0 Å². The molecule has 0 fully saturated rings. The van der Waals surface area contributed by atoms with Crippen LogP contribution in [0.2, 0.25) is 0 Å². The molecule has 0 saturated heterocycles. The van der Waals surface area contributed by atoms with E-state index in [-0.39, 0.29) is 13.2 Å². The molecule has 0 aliphatic carbocycles. The molecule has 0 N–H and O–H groups in total. The van der Waals surface area contributed by atoms with Crippen molar-refractivity contribution in [1.29, 1.82) is 0 Å². The summed E-state index contributed by atoms with van der Waals surface area (Å²) < 4.78 is 0. The molecule has 0 aromatic carbocycles. The molecule has 2 nitrogen and oxygen atoms in total. The van der Waals surface area contributed by atoms with E-state index in [1.807, 2.05) is 20.8 Å². The van der Waals surface area contributed by atoms with Crippen molar-refractivity contribution in [1.82, 2.24) is 0 Å². The molecule has 0 spiro atoms. The van der Waals surface area contributed by atoms with Gasteiger partial charge in [-0.05, 0) is 13.3 Å². The molecule has 0 rings (SSSR count). The van der Waals surface area contributed by atoms with Crippen molar-refractivity contribution in [2.45, 2.75) is 60.8 Å². The molecule has 0 aliphatic rings. The van der Waals surface area contributed by atoms with Gasteiger partial charge in [-0.3, -0.25) is 4.79 Å². The van der Waals surface area contributed by atoms with Crippen molar-refractivity contribution < 1.29 is 9.59 Å². The lowest BCUT2D eigenvalue weighted by molar-refractivity contribution is -0.118. The van der Waals surface area contributed by atoms with Crippen LogP contribution in [-0.4, -0.2) is 11.6 Å². The normalized spacial score (nSPS) is 7.69. The predicted octanol–water partition coefficient (Wildman–Crippen LogP) is 3.39. The van der Waals surface area contributed by atoms with E-state index < -0.39 is 0 Å². The second-order valence-electron chi connectivity index (χ2n) is 2.70. The summed E-state index contributed by atoms with van der Waals surface area (Å²) in [6.45, 7) is 7.38. The number of Topliss-reactive ketones (excluding diaryl/α,β-unsaturated/α-hetero) is 2. The van der Waals surface area contributed by atoms with Crippen molar-refractivity contribution in [3.05, 3.63) is 0 Å². The molecule has 0 heterocycles. The van der Waals surface area contributed by atoms with Gasteiger partial charge in [-0.15, -0.1) is 0 Å². The maximum atomic E-state index is 10.2. The smallest absolute Gasteiger partial charge is 0.132 e. The zero-order valence-corrected chi connectivity index (χ0v) is 8.64. The number of carbonyl (C=O) groups is 2. The largest absolute Gasteiger partial charge is 0.300 e. The number of ketones is 2. The second kappa shape index (κ2) is 13.9. The third-order valence-corrected chi connectivity index (χ3v) is 1.39. The molecule has 0 saturated carbocycles. The van der Waals surface area contributed by atoms with Gasteiger partial charge in [0.1, 0.15) is 11.6 Å². The minimum absolute atomic E-state index is 0. The summed E-state index contributed by atoms with van der Waals surface area (Å²) in [6, 6.07) is 0. The van der Waals surface area contributed by atoms with E-state index in [0.29, 0.717) is 18.6 Å². The van der Waals surface area contributed by atoms with Crippen molar-refractivity contribution in [3.8, 4) is 0 Å². The van der Waals surface area contributed by atoms with Gasteiger partial charge in [-0.25, -0.2) is 0 Å². The zero-order valence-electron chi connectivity index (χ0n) is 8.64. The summed E-state index contributed by atoms with van der Waals surface area (Å²) in [4.78, 5) is 20.2. The van der Waals surface area contributed by atoms with Crippen LogP contribution >= 0.6 is 0 Å². The molecule has 0 radical (unpaired) electrons. The van der Waals surface area contributed by atoms with Gasteiger partial charge in [0.15, 0.2) is 0 Å². The molecule has 0 aliphatic heterocycles. The average Bonchev–Trinajstić information content (AvgIpc) is 2.04. The predicted molar refractivity (Wildman–Crippen MR) is 57.9 cm³/mol. The number of hydrogen-bond acceptors (Lipinski definition) is 2. The van der Waals surface area contributed by atoms with Crippen LogP contribution in [0, 0.1) is 0 Å². The number of hydrogen-bond donors (Lipinski definition) is 0. The molecule has 0 bridgehead atoms. The van der Waals surface area contributed by atoms with Crippen LogP contribution in [0.5, 0.6) is 0 Å². The lowest BCUT2D eigenvalue weighted by Gasteiger charge is -1.81. The Morgan fingerprint density at radius 3 is 1.38 bits per heavy atom. The lowest BCUT2D eigenvalue weighted by atomic mass is 10.3. The quantitative estimate of drug-likeness (QED) is 0.677. The summed E-state index contributed by atoms with van der Waals surface area (Å²) in [5, 5.41) is 0. The van der Waals surface area contributed by atoms with Gasteiger partial charge in [0.05, 0.1) is 0 Å². The topological polar surface area (TPSA) is 34.1 Å². The van der Waals surface area contributed by atoms with Gasteiger partial charge in [0, 0.05) is 19.3 Å². The summed E-state index contributed by atoms with van der Waals surface area (Å²) in [7, 11) is 0. The van der Waals surface area contributed by atoms with E-state index in [0.717, 1.165) is 12.8 Å². The van der Waals surface area contributed by atoms with E-state index >= 15 is 0 Å². The maximum Gasteiger partial charge on any atom is 0.132 e. The highest BCUT2D eigenvalue weighted by atomic mass is 16.1. The molecule has 0 unspecified atom stereocenters. The molecule has 80 valence electrons. The van der Waals surface area contributed by atoms with E-state index in [9.17, 15) is 9.59 Å². The van der Waals surface area contributed by atoms with Crippen molar-refractivity contribution in [2.24, 2.45) is 0 Å². The Balaban J connectivity index is -0.000000143. The molecule has 0 amide bonds. The Morgan fingerprint density at radius 2 is 1.38 bits per heavy atom. The van der Waals surface area contributed by atoms with Gasteiger partial charge in [0.25, 0.3) is 0 Å². The second-order valence-corrected chi connectivity index (χ2v) is 2.70. The van der Waals surface area contributed by atoms with E-state index in [1.165, 1.54) is 0 Å². The van der Waals surface area contributed by atoms with Gasteiger partial charge < -0.3 is 4.79 Å². The third-order valence-electron chi connectivity index (χ3n) is 1.39. The fourth-order valence-corrected chi connectivity index (χ4v) is 0.602. The Morgan fingerprint density at radius 1 is 1.00 bits per heavy atom. The summed E-state index contributed by atoms with van der Waals surface area (Å²) in [5.41, 5.74) is 0. The van der Waals surface area contributed by atoms with E-state index in [2.05, 4.69) is 0 Å². The minimum Gasteiger partial charge on any atom is -0.300 e. The van der Waals surface area contributed by atoms with Gasteiger partial charge in [-0.1, -0.05) is 28.2 Å². The van der Waals surface area contributed by atoms with Crippen molar-refractivity contribution in [2.75, 3.05) is 0 Å². The Hall–Kier alpha value is -0.660. The first-order valence-electron chi connectivity index (χ1n) is 4.59. The van der Waals surface area contributed by atoms with Crippen LogP contribution in [0.1, 0.15) is 60.8 Å². The standard InChI is InChI=1S/2C5H10O.CH4/c1-3-4-5(2)6;1-3-5(6)4-2;/h2*3-4H2,1-2H3;1H4.